The molecule has 5 nitrogen and oxygen atoms in total. The van der Waals surface area contributed by atoms with E-state index < -0.39 is 11.0 Å². The first kappa shape index (κ1) is 12.0. The highest BCUT2D eigenvalue weighted by Gasteiger charge is 2.52. The van der Waals surface area contributed by atoms with Crippen LogP contribution in [0.2, 0.25) is 0 Å². The second kappa shape index (κ2) is 4.17. The van der Waals surface area contributed by atoms with Crippen molar-refractivity contribution in [2.75, 3.05) is 13.2 Å². The zero-order chi connectivity index (χ0) is 11.5. The van der Waals surface area contributed by atoms with E-state index in [0.29, 0.717) is 19.3 Å². The van der Waals surface area contributed by atoms with E-state index in [1.807, 2.05) is 6.07 Å². The highest BCUT2D eigenvalue weighted by molar-refractivity contribution is 5.88. The number of nitriles is 1. The van der Waals surface area contributed by atoms with Crippen molar-refractivity contribution in [1.29, 1.82) is 5.26 Å². The summed E-state index contributed by atoms with van der Waals surface area (Å²) in [6, 6.07) is 1.97. The summed E-state index contributed by atoms with van der Waals surface area (Å²) in [5.41, 5.74) is -1.91. The lowest BCUT2D eigenvalue weighted by Crippen LogP contribution is -2.55. The smallest absolute Gasteiger partial charge is 0.241 e. The predicted octanol–water partition coefficient (Wildman–Crippen LogP) is -0.460. The van der Waals surface area contributed by atoms with Gasteiger partial charge in [-0.2, -0.15) is 5.26 Å². The Balaban J connectivity index is 2.68. The Bertz CT molecular complexity index is 279. The Labute approximate surface area is 88.7 Å². The minimum atomic E-state index is -0.997. The normalized spacial score (nSPS) is 18.0. The number of nitrogens with zero attached hydrogens (tertiary/aromatic N) is 1. The standard InChI is InChI=1S/C10H16N2O3/c1-2-10(6-13,7-14)12-8(15)9(5-11)3-4-9/h13-14H,2-4,6-7H2,1H3,(H,12,15). The summed E-state index contributed by atoms with van der Waals surface area (Å²) in [6.45, 7) is 1.11. The van der Waals surface area contributed by atoms with Crippen LogP contribution in [0.15, 0.2) is 0 Å². The molecule has 0 spiro atoms. The fourth-order valence-electron chi connectivity index (χ4n) is 1.32. The van der Waals surface area contributed by atoms with Crippen molar-refractivity contribution in [2.45, 2.75) is 31.7 Å². The Morgan fingerprint density at radius 3 is 2.33 bits per heavy atom. The number of hydrogen-bond acceptors (Lipinski definition) is 4. The molecule has 1 fully saturated rings. The molecule has 0 unspecified atom stereocenters. The zero-order valence-corrected chi connectivity index (χ0v) is 8.79. The van der Waals surface area contributed by atoms with Gasteiger partial charge in [0.2, 0.25) is 5.91 Å². The van der Waals surface area contributed by atoms with E-state index in [-0.39, 0.29) is 19.1 Å². The molecule has 0 heterocycles. The molecule has 1 rings (SSSR count). The van der Waals surface area contributed by atoms with Gasteiger partial charge < -0.3 is 15.5 Å². The topological polar surface area (TPSA) is 93.3 Å². The molecule has 0 atom stereocenters. The molecular formula is C10H16N2O3. The van der Waals surface area contributed by atoms with E-state index in [9.17, 15) is 4.79 Å². The van der Waals surface area contributed by atoms with Crippen molar-refractivity contribution < 1.29 is 15.0 Å². The maximum Gasteiger partial charge on any atom is 0.241 e. The maximum absolute atomic E-state index is 11.7. The Morgan fingerprint density at radius 2 is 2.07 bits per heavy atom. The first-order chi connectivity index (χ1) is 7.08. The predicted molar refractivity (Wildman–Crippen MR) is 52.6 cm³/mol. The van der Waals surface area contributed by atoms with Crippen LogP contribution in [0, 0.1) is 16.7 Å². The number of nitrogens with one attached hydrogen (secondary N) is 1. The average Bonchev–Trinajstić information content (AvgIpc) is 3.07. The quantitative estimate of drug-likeness (QED) is 0.575. The van der Waals surface area contributed by atoms with Crippen LogP contribution in [0.5, 0.6) is 0 Å². The Hall–Kier alpha value is -1.12. The van der Waals surface area contributed by atoms with Gasteiger partial charge in [-0.3, -0.25) is 4.79 Å². The Morgan fingerprint density at radius 1 is 1.53 bits per heavy atom. The first-order valence-corrected chi connectivity index (χ1v) is 5.04. The second-order valence-electron chi connectivity index (χ2n) is 4.10. The number of carbonyl (C=O) groups excluding carboxylic acids is 1. The van der Waals surface area contributed by atoms with Crippen LogP contribution in [0.25, 0.3) is 0 Å². The lowest BCUT2D eigenvalue weighted by Gasteiger charge is -2.30. The molecule has 0 bridgehead atoms. The van der Waals surface area contributed by atoms with Crippen molar-refractivity contribution in [2.24, 2.45) is 5.41 Å². The summed E-state index contributed by atoms with van der Waals surface area (Å²) in [5.74, 6) is -0.380. The van der Waals surface area contributed by atoms with Crippen LogP contribution in [-0.4, -0.2) is 34.9 Å². The van der Waals surface area contributed by atoms with Crippen LogP contribution < -0.4 is 5.32 Å². The van der Waals surface area contributed by atoms with E-state index in [0.717, 1.165) is 0 Å². The molecule has 0 aromatic carbocycles. The molecule has 0 saturated heterocycles. The van der Waals surface area contributed by atoms with E-state index in [1.165, 1.54) is 0 Å². The summed E-state index contributed by atoms with van der Waals surface area (Å²) < 4.78 is 0. The third-order valence-electron chi connectivity index (χ3n) is 3.06. The molecule has 3 N–H and O–H groups in total. The molecule has 1 amide bonds. The van der Waals surface area contributed by atoms with Crippen LogP contribution in [0.4, 0.5) is 0 Å². The SMILES string of the molecule is CCC(CO)(CO)NC(=O)C1(C#N)CC1. The Kier molecular flexibility index (Phi) is 3.32. The van der Waals surface area contributed by atoms with Gasteiger partial charge >= 0.3 is 0 Å². The highest BCUT2D eigenvalue weighted by atomic mass is 16.3. The van der Waals surface area contributed by atoms with Gasteiger partial charge in [0.05, 0.1) is 24.8 Å². The monoisotopic (exact) mass is 212 g/mol. The average molecular weight is 212 g/mol. The molecule has 0 aromatic heterocycles. The third kappa shape index (κ3) is 2.11. The minimum Gasteiger partial charge on any atom is -0.394 e. The molecular weight excluding hydrogens is 196 g/mol. The van der Waals surface area contributed by atoms with Crippen LogP contribution in [0.1, 0.15) is 26.2 Å². The minimum absolute atomic E-state index is 0.326. The number of hydrogen-bond donors (Lipinski definition) is 3. The summed E-state index contributed by atoms with van der Waals surface area (Å²) in [4.78, 5) is 11.7. The molecule has 0 aromatic rings. The molecule has 5 heteroatoms. The molecule has 1 aliphatic carbocycles. The number of carbonyl (C=O) groups is 1. The lowest BCUT2D eigenvalue weighted by molar-refractivity contribution is -0.127. The molecule has 1 aliphatic rings. The summed E-state index contributed by atoms with van der Waals surface area (Å²) in [5, 5.41) is 29.6. The largest absolute Gasteiger partial charge is 0.394 e. The van der Waals surface area contributed by atoms with Gasteiger partial charge in [-0.25, -0.2) is 0 Å². The molecule has 0 aliphatic heterocycles. The summed E-state index contributed by atoms with van der Waals surface area (Å²) >= 11 is 0. The van der Waals surface area contributed by atoms with Crippen LogP contribution in [-0.2, 0) is 4.79 Å². The van der Waals surface area contributed by atoms with E-state index in [2.05, 4.69) is 5.32 Å². The van der Waals surface area contributed by atoms with Crippen molar-refractivity contribution in [3.63, 3.8) is 0 Å². The molecule has 0 radical (unpaired) electrons. The number of aliphatic hydroxyl groups excluding tert-OH is 2. The zero-order valence-electron chi connectivity index (χ0n) is 8.79. The van der Waals surface area contributed by atoms with Crippen molar-refractivity contribution in [3.05, 3.63) is 0 Å². The third-order valence-corrected chi connectivity index (χ3v) is 3.06. The van der Waals surface area contributed by atoms with Crippen LogP contribution in [0.3, 0.4) is 0 Å². The van der Waals surface area contributed by atoms with Gasteiger partial charge in [0, 0.05) is 0 Å². The highest BCUT2D eigenvalue weighted by Crippen LogP contribution is 2.45. The van der Waals surface area contributed by atoms with Gasteiger partial charge in [0.25, 0.3) is 0 Å². The van der Waals surface area contributed by atoms with Crippen molar-refractivity contribution >= 4 is 5.91 Å². The van der Waals surface area contributed by atoms with Crippen LogP contribution >= 0.6 is 0 Å². The van der Waals surface area contributed by atoms with E-state index in [1.54, 1.807) is 6.92 Å². The maximum atomic E-state index is 11.7. The van der Waals surface area contributed by atoms with Gasteiger partial charge in [-0.05, 0) is 19.3 Å². The van der Waals surface area contributed by atoms with Crippen molar-refractivity contribution in [1.82, 2.24) is 5.32 Å². The molecule has 15 heavy (non-hydrogen) atoms. The summed E-state index contributed by atoms with van der Waals surface area (Å²) in [6.07, 6.45) is 1.55. The number of rotatable bonds is 5. The fraction of sp³-hybridized carbons (Fsp3) is 0.800. The molecule has 84 valence electrons. The second-order valence-corrected chi connectivity index (χ2v) is 4.10. The van der Waals surface area contributed by atoms with Gasteiger partial charge in [0.1, 0.15) is 5.41 Å². The van der Waals surface area contributed by atoms with Gasteiger partial charge in [-0.1, -0.05) is 6.92 Å². The fourth-order valence-corrected chi connectivity index (χ4v) is 1.32. The number of aliphatic hydroxyl groups is 2. The molecule has 1 saturated carbocycles. The van der Waals surface area contributed by atoms with Gasteiger partial charge in [0.15, 0.2) is 0 Å². The van der Waals surface area contributed by atoms with Crippen molar-refractivity contribution in [3.8, 4) is 6.07 Å². The van der Waals surface area contributed by atoms with Gasteiger partial charge in [-0.15, -0.1) is 0 Å². The van der Waals surface area contributed by atoms with E-state index in [4.69, 9.17) is 15.5 Å². The number of amides is 1. The van der Waals surface area contributed by atoms with E-state index >= 15 is 0 Å². The first-order valence-electron chi connectivity index (χ1n) is 5.04. The summed E-state index contributed by atoms with van der Waals surface area (Å²) in [7, 11) is 0. The lowest BCUT2D eigenvalue weighted by atomic mass is 9.96.